The van der Waals surface area contributed by atoms with E-state index in [0.29, 0.717) is 21.9 Å². The molecule has 2 aromatic rings. The minimum Gasteiger partial charge on any atom is -0.497 e. The highest BCUT2D eigenvalue weighted by Crippen LogP contribution is 2.65. The normalized spacial score (nSPS) is 21.5. The largest absolute Gasteiger partial charge is 0.497 e. The van der Waals surface area contributed by atoms with Crippen molar-refractivity contribution in [2.45, 2.75) is 31.8 Å². The first-order valence-corrected chi connectivity index (χ1v) is 12.8. The van der Waals surface area contributed by atoms with Gasteiger partial charge in [-0.1, -0.05) is 35.9 Å². The van der Waals surface area contributed by atoms with Crippen molar-refractivity contribution in [1.29, 1.82) is 0 Å². The molecule has 35 heavy (non-hydrogen) atoms. The number of aliphatic carboxylic acids is 2. The van der Waals surface area contributed by atoms with E-state index in [4.69, 9.17) is 30.2 Å². The van der Waals surface area contributed by atoms with Crippen LogP contribution in [0.15, 0.2) is 48.5 Å². The molecule has 190 valence electrons. The van der Waals surface area contributed by atoms with E-state index in [1.165, 1.54) is 7.11 Å². The standard InChI is InChI=1S/C23H27ClNO9P/c1-4-32-35(30,33-5-2)21(15-6-10-16(24)11-7-15)25-19(14-8-12-17(31-3)13-9-14)18(22(26)27)20(34-25)23(28)29/h6-13,18-21H,4-5H2,1-3H3,(H,26,27)(H,28,29)/t18-,19-,20+,21?/m1/s1. The predicted molar refractivity (Wildman–Crippen MR) is 126 cm³/mol. The van der Waals surface area contributed by atoms with E-state index in [2.05, 4.69) is 0 Å². The van der Waals surface area contributed by atoms with Crippen molar-refractivity contribution in [2.24, 2.45) is 5.92 Å². The number of carboxylic acids is 2. The van der Waals surface area contributed by atoms with Crippen LogP contribution in [-0.4, -0.2) is 53.6 Å². The molecule has 4 atom stereocenters. The van der Waals surface area contributed by atoms with Crippen LogP contribution in [0, 0.1) is 5.92 Å². The lowest BCUT2D eigenvalue weighted by atomic mass is 9.89. The van der Waals surface area contributed by atoms with Crippen LogP contribution in [0.5, 0.6) is 5.75 Å². The first kappa shape index (κ1) is 27.1. The molecule has 1 unspecified atom stereocenters. The average molecular weight is 528 g/mol. The highest BCUT2D eigenvalue weighted by atomic mass is 35.5. The number of hydrogen-bond donors (Lipinski definition) is 2. The molecule has 3 rings (SSSR count). The number of rotatable bonds is 11. The molecule has 0 bridgehead atoms. The molecule has 0 amide bonds. The number of hydrogen-bond acceptors (Lipinski definition) is 8. The summed E-state index contributed by atoms with van der Waals surface area (Å²) in [5.74, 6) is -5.18. The second kappa shape index (κ2) is 11.5. The highest BCUT2D eigenvalue weighted by molar-refractivity contribution is 7.54. The van der Waals surface area contributed by atoms with E-state index in [1.807, 2.05) is 0 Å². The fourth-order valence-corrected chi connectivity index (χ4v) is 6.27. The number of hydroxylamine groups is 2. The van der Waals surface area contributed by atoms with Gasteiger partial charge in [0.25, 0.3) is 0 Å². The zero-order valence-corrected chi connectivity index (χ0v) is 21.0. The molecule has 0 aliphatic carbocycles. The Bertz CT molecular complexity index is 1070. The third-order valence-electron chi connectivity index (χ3n) is 5.49. The van der Waals surface area contributed by atoms with Gasteiger partial charge in [-0.2, -0.15) is 5.06 Å². The van der Waals surface area contributed by atoms with Gasteiger partial charge in [0.1, 0.15) is 11.7 Å². The van der Waals surface area contributed by atoms with Crippen molar-refractivity contribution in [3.8, 4) is 5.75 Å². The smallest absolute Gasteiger partial charge is 0.354 e. The summed E-state index contributed by atoms with van der Waals surface area (Å²) in [7, 11) is -2.57. The fourth-order valence-electron chi connectivity index (χ4n) is 4.06. The highest BCUT2D eigenvalue weighted by Gasteiger charge is 2.58. The Morgan fingerprint density at radius 3 is 2.06 bits per heavy atom. The maximum absolute atomic E-state index is 14.1. The molecule has 12 heteroatoms. The first-order chi connectivity index (χ1) is 16.7. The molecule has 1 aliphatic rings. The van der Waals surface area contributed by atoms with Gasteiger partial charge in [-0.05, 0) is 49.2 Å². The molecule has 0 saturated carbocycles. The molecular formula is C23H27ClNO9P. The van der Waals surface area contributed by atoms with Gasteiger partial charge in [-0.3, -0.25) is 14.2 Å². The Balaban J connectivity index is 2.25. The summed E-state index contributed by atoms with van der Waals surface area (Å²) in [6, 6.07) is 11.6. The van der Waals surface area contributed by atoms with Crippen LogP contribution in [-0.2, 0) is 28.0 Å². The van der Waals surface area contributed by atoms with Crippen LogP contribution < -0.4 is 4.74 Å². The van der Waals surface area contributed by atoms with E-state index in [0.717, 1.165) is 5.06 Å². The topological polar surface area (TPSA) is 132 Å². The van der Waals surface area contributed by atoms with Gasteiger partial charge in [-0.15, -0.1) is 0 Å². The van der Waals surface area contributed by atoms with E-state index in [1.54, 1.807) is 62.4 Å². The molecule has 1 aliphatic heterocycles. The van der Waals surface area contributed by atoms with E-state index in [-0.39, 0.29) is 13.2 Å². The van der Waals surface area contributed by atoms with Crippen molar-refractivity contribution in [3.05, 3.63) is 64.7 Å². The fraction of sp³-hybridized carbons (Fsp3) is 0.391. The summed E-state index contributed by atoms with van der Waals surface area (Å²) in [6.07, 6.45) is -1.76. The Kier molecular flexibility index (Phi) is 8.93. The van der Waals surface area contributed by atoms with E-state index >= 15 is 0 Å². The molecule has 1 saturated heterocycles. The van der Waals surface area contributed by atoms with Gasteiger partial charge in [0.05, 0.1) is 26.4 Å². The van der Waals surface area contributed by atoms with Crippen molar-refractivity contribution >= 4 is 31.1 Å². The molecule has 0 spiro atoms. The summed E-state index contributed by atoms with van der Waals surface area (Å²) < 4.78 is 30.5. The number of carboxylic acid groups (broad SMARTS) is 2. The lowest BCUT2D eigenvalue weighted by Crippen LogP contribution is -2.34. The summed E-state index contributed by atoms with van der Waals surface area (Å²) in [5, 5.41) is 21.4. The first-order valence-electron chi connectivity index (χ1n) is 10.9. The van der Waals surface area contributed by atoms with E-state index < -0.39 is 43.4 Å². The van der Waals surface area contributed by atoms with Gasteiger partial charge >= 0.3 is 19.5 Å². The van der Waals surface area contributed by atoms with Gasteiger partial charge in [0, 0.05) is 5.02 Å². The van der Waals surface area contributed by atoms with Crippen molar-refractivity contribution < 1.29 is 43.0 Å². The average Bonchev–Trinajstić information content (AvgIpc) is 3.21. The monoisotopic (exact) mass is 527 g/mol. The second-order valence-electron chi connectivity index (χ2n) is 7.61. The lowest BCUT2D eigenvalue weighted by Gasteiger charge is -2.36. The van der Waals surface area contributed by atoms with E-state index in [9.17, 15) is 24.4 Å². The number of ether oxygens (including phenoxy) is 1. The molecule has 0 radical (unpaired) electrons. The Morgan fingerprint density at radius 1 is 1.03 bits per heavy atom. The number of methoxy groups -OCH3 is 1. The minimum absolute atomic E-state index is 0.0210. The summed E-state index contributed by atoms with van der Waals surface area (Å²) in [6.45, 7) is 3.31. The summed E-state index contributed by atoms with van der Waals surface area (Å²) >= 11 is 6.05. The summed E-state index contributed by atoms with van der Waals surface area (Å²) in [5.41, 5.74) is 0.800. The zero-order valence-electron chi connectivity index (χ0n) is 19.4. The molecular weight excluding hydrogens is 501 g/mol. The number of nitrogens with zero attached hydrogens (tertiary/aromatic N) is 1. The molecule has 0 aromatic heterocycles. The van der Waals surface area contributed by atoms with Gasteiger partial charge in [-0.25, -0.2) is 4.79 Å². The quantitative estimate of drug-likeness (QED) is 0.394. The molecule has 2 N–H and O–H groups in total. The SMILES string of the molecule is CCOP(=O)(OCC)C(c1ccc(Cl)cc1)N1O[C@H](C(=O)O)[C@H](C(=O)O)[C@H]1c1ccc(OC)cc1. The number of halogens is 1. The van der Waals surface area contributed by atoms with Crippen LogP contribution in [0.2, 0.25) is 5.02 Å². The molecule has 1 fully saturated rings. The third kappa shape index (κ3) is 5.69. The van der Waals surface area contributed by atoms with Gasteiger partial charge in [0.2, 0.25) is 0 Å². The van der Waals surface area contributed by atoms with Crippen LogP contribution in [0.1, 0.15) is 36.8 Å². The van der Waals surface area contributed by atoms with Crippen molar-refractivity contribution in [1.82, 2.24) is 5.06 Å². The summed E-state index contributed by atoms with van der Waals surface area (Å²) in [4.78, 5) is 30.2. The molecule has 1 heterocycles. The Labute approximate surface area is 207 Å². The number of carbonyl (C=O) groups is 2. The van der Waals surface area contributed by atoms with Crippen molar-refractivity contribution in [2.75, 3.05) is 20.3 Å². The van der Waals surface area contributed by atoms with Gasteiger partial charge < -0.3 is 24.0 Å². The van der Waals surface area contributed by atoms with Crippen molar-refractivity contribution in [3.63, 3.8) is 0 Å². The lowest BCUT2D eigenvalue weighted by molar-refractivity contribution is -0.195. The van der Waals surface area contributed by atoms with Crippen LogP contribution in [0.25, 0.3) is 0 Å². The van der Waals surface area contributed by atoms with Crippen LogP contribution in [0.3, 0.4) is 0 Å². The number of benzene rings is 2. The Morgan fingerprint density at radius 2 is 1.60 bits per heavy atom. The maximum atomic E-state index is 14.1. The second-order valence-corrected chi connectivity index (χ2v) is 10.1. The molecule has 10 nitrogen and oxygen atoms in total. The van der Waals surface area contributed by atoms with Gasteiger partial charge in [0.15, 0.2) is 11.9 Å². The third-order valence-corrected chi connectivity index (χ3v) is 8.10. The Hall–Kier alpha value is -2.46. The van der Waals surface area contributed by atoms with Crippen LogP contribution >= 0.6 is 19.2 Å². The maximum Gasteiger partial charge on any atom is 0.354 e. The molecule has 2 aromatic carbocycles. The zero-order chi connectivity index (χ0) is 25.8. The predicted octanol–water partition coefficient (Wildman–Crippen LogP) is 4.76. The van der Waals surface area contributed by atoms with Crippen LogP contribution in [0.4, 0.5) is 0 Å². The minimum atomic E-state index is -4.06.